The summed E-state index contributed by atoms with van der Waals surface area (Å²) in [6.07, 6.45) is 0.500. The summed E-state index contributed by atoms with van der Waals surface area (Å²) in [5.74, 6) is 0.0161. The van der Waals surface area contributed by atoms with E-state index in [1.165, 1.54) is 12.1 Å². The molecule has 0 spiro atoms. The van der Waals surface area contributed by atoms with Gasteiger partial charge in [-0.2, -0.15) is 0 Å². The summed E-state index contributed by atoms with van der Waals surface area (Å²) in [6, 6.07) is 13.7. The normalized spacial score (nSPS) is 17.0. The molecule has 23 heavy (non-hydrogen) atoms. The third kappa shape index (κ3) is 4.07. The molecule has 1 aliphatic rings. The fourth-order valence-corrected chi connectivity index (χ4v) is 2.68. The zero-order chi connectivity index (χ0) is 16.1. The summed E-state index contributed by atoms with van der Waals surface area (Å²) in [5.41, 5.74) is 2.00. The average Bonchev–Trinajstić information content (AvgIpc) is 3.09. The number of rotatable bonds is 4. The molecular formula is C18H19FN2O2. The predicted octanol–water partition coefficient (Wildman–Crippen LogP) is 3.65. The van der Waals surface area contributed by atoms with E-state index in [0.29, 0.717) is 23.8 Å². The van der Waals surface area contributed by atoms with Crippen molar-refractivity contribution in [1.29, 1.82) is 0 Å². The van der Waals surface area contributed by atoms with Gasteiger partial charge in [-0.05, 0) is 36.7 Å². The van der Waals surface area contributed by atoms with Gasteiger partial charge in [0, 0.05) is 18.0 Å². The van der Waals surface area contributed by atoms with Crippen LogP contribution in [-0.4, -0.2) is 25.8 Å². The first-order valence-corrected chi connectivity index (χ1v) is 7.72. The molecule has 1 fully saturated rings. The van der Waals surface area contributed by atoms with Gasteiger partial charge in [-0.3, -0.25) is 5.32 Å². The number of halogens is 1. The lowest BCUT2D eigenvalue weighted by Gasteiger charge is -2.13. The SMILES string of the molecule is O=C(Nc1ccc(F)cc1-c1ccccc1)OC[C@H]1CCNC1. The van der Waals surface area contributed by atoms with Gasteiger partial charge in [0.2, 0.25) is 0 Å². The highest BCUT2D eigenvalue weighted by molar-refractivity contribution is 5.91. The van der Waals surface area contributed by atoms with E-state index >= 15 is 0 Å². The Morgan fingerprint density at radius 3 is 2.83 bits per heavy atom. The molecule has 2 aromatic rings. The molecular weight excluding hydrogens is 295 g/mol. The van der Waals surface area contributed by atoms with Crippen LogP contribution in [0.5, 0.6) is 0 Å². The first kappa shape index (κ1) is 15.5. The summed E-state index contributed by atoms with van der Waals surface area (Å²) in [4.78, 5) is 12.0. The van der Waals surface area contributed by atoms with Crippen LogP contribution in [0.3, 0.4) is 0 Å². The summed E-state index contributed by atoms with van der Waals surface area (Å²) in [6.45, 7) is 2.23. The zero-order valence-electron chi connectivity index (χ0n) is 12.7. The highest BCUT2D eigenvalue weighted by Gasteiger charge is 2.17. The van der Waals surface area contributed by atoms with Crippen molar-refractivity contribution in [1.82, 2.24) is 5.32 Å². The fraction of sp³-hybridized carbons (Fsp3) is 0.278. The second-order valence-electron chi connectivity index (χ2n) is 5.64. The van der Waals surface area contributed by atoms with E-state index in [9.17, 15) is 9.18 Å². The van der Waals surface area contributed by atoms with Crippen molar-refractivity contribution in [2.24, 2.45) is 5.92 Å². The maximum Gasteiger partial charge on any atom is 0.411 e. The molecule has 2 aromatic carbocycles. The molecule has 120 valence electrons. The van der Waals surface area contributed by atoms with Crippen molar-refractivity contribution in [3.05, 3.63) is 54.3 Å². The number of carbonyl (C=O) groups excluding carboxylic acids is 1. The monoisotopic (exact) mass is 314 g/mol. The zero-order valence-corrected chi connectivity index (χ0v) is 12.7. The van der Waals surface area contributed by atoms with E-state index in [1.807, 2.05) is 30.3 Å². The van der Waals surface area contributed by atoms with Crippen molar-refractivity contribution >= 4 is 11.8 Å². The molecule has 0 unspecified atom stereocenters. The minimum atomic E-state index is -0.513. The number of ether oxygens (including phenoxy) is 1. The van der Waals surface area contributed by atoms with Crippen LogP contribution in [0.2, 0.25) is 0 Å². The lowest BCUT2D eigenvalue weighted by atomic mass is 10.0. The van der Waals surface area contributed by atoms with Gasteiger partial charge in [0.25, 0.3) is 0 Å². The minimum absolute atomic E-state index is 0.347. The fourth-order valence-electron chi connectivity index (χ4n) is 2.68. The second-order valence-corrected chi connectivity index (χ2v) is 5.64. The summed E-state index contributed by atoms with van der Waals surface area (Å²) >= 11 is 0. The Balaban J connectivity index is 1.70. The Morgan fingerprint density at radius 1 is 1.26 bits per heavy atom. The highest BCUT2D eigenvalue weighted by Crippen LogP contribution is 2.28. The largest absolute Gasteiger partial charge is 0.449 e. The second kappa shape index (κ2) is 7.24. The molecule has 3 rings (SSSR count). The molecule has 1 heterocycles. The Labute approximate surface area is 134 Å². The lowest BCUT2D eigenvalue weighted by Crippen LogP contribution is -2.20. The number of amides is 1. The highest BCUT2D eigenvalue weighted by atomic mass is 19.1. The number of hydrogen-bond donors (Lipinski definition) is 2. The maximum absolute atomic E-state index is 13.6. The van der Waals surface area contributed by atoms with Crippen LogP contribution >= 0.6 is 0 Å². The van der Waals surface area contributed by atoms with E-state index in [-0.39, 0.29) is 5.82 Å². The van der Waals surface area contributed by atoms with Gasteiger partial charge in [0.1, 0.15) is 5.82 Å². The molecule has 1 amide bonds. The topological polar surface area (TPSA) is 50.4 Å². The van der Waals surface area contributed by atoms with Crippen LogP contribution in [0, 0.1) is 11.7 Å². The predicted molar refractivity (Wildman–Crippen MR) is 87.8 cm³/mol. The van der Waals surface area contributed by atoms with Crippen LogP contribution in [0.15, 0.2) is 48.5 Å². The first-order chi connectivity index (χ1) is 11.2. The first-order valence-electron chi connectivity index (χ1n) is 7.72. The number of benzene rings is 2. The van der Waals surface area contributed by atoms with E-state index in [2.05, 4.69) is 10.6 Å². The van der Waals surface area contributed by atoms with E-state index in [1.54, 1.807) is 6.07 Å². The molecule has 2 N–H and O–H groups in total. The summed E-state index contributed by atoms with van der Waals surface area (Å²) in [5, 5.41) is 5.94. The molecule has 0 aromatic heterocycles. The van der Waals surface area contributed by atoms with Crippen molar-refractivity contribution < 1.29 is 13.9 Å². The van der Waals surface area contributed by atoms with Crippen molar-refractivity contribution in [3.8, 4) is 11.1 Å². The Morgan fingerprint density at radius 2 is 2.09 bits per heavy atom. The molecule has 4 nitrogen and oxygen atoms in total. The van der Waals surface area contributed by atoms with Gasteiger partial charge in [-0.25, -0.2) is 9.18 Å². The van der Waals surface area contributed by atoms with Gasteiger partial charge in [-0.1, -0.05) is 30.3 Å². The Hall–Kier alpha value is -2.40. The van der Waals surface area contributed by atoms with Gasteiger partial charge in [-0.15, -0.1) is 0 Å². The van der Waals surface area contributed by atoms with Gasteiger partial charge >= 0.3 is 6.09 Å². The minimum Gasteiger partial charge on any atom is -0.449 e. The van der Waals surface area contributed by atoms with E-state index in [0.717, 1.165) is 25.1 Å². The molecule has 0 radical (unpaired) electrons. The molecule has 0 saturated carbocycles. The summed E-state index contributed by atoms with van der Waals surface area (Å²) in [7, 11) is 0. The van der Waals surface area contributed by atoms with Crippen LogP contribution in [0.1, 0.15) is 6.42 Å². The van der Waals surface area contributed by atoms with Crippen molar-refractivity contribution in [2.45, 2.75) is 6.42 Å². The lowest BCUT2D eigenvalue weighted by molar-refractivity contribution is 0.144. The number of hydrogen-bond acceptors (Lipinski definition) is 3. The van der Waals surface area contributed by atoms with Crippen LogP contribution in [0.4, 0.5) is 14.9 Å². The third-order valence-corrected chi connectivity index (χ3v) is 3.92. The summed E-state index contributed by atoms with van der Waals surface area (Å²) < 4.78 is 18.8. The van der Waals surface area contributed by atoms with Gasteiger partial charge in [0.05, 0.1) is 12.3 Å². The van der Waals surface area contributed by atoms with Crippen molar-refractivity contribution in [3.63, 3.8) is 0 Å². The van der Waals surface area contributed by atoms with Crippen LogP contribution in [-0.2, 0) is 4.74 Å². The third-order valence-electron chi connectivity index (χ3n) is 3.92. The van der Waals surface area contributed by atoms with Gasteiger partial charge in [0.15, 0.2) is 0 Å². The maximum atomic E-state index is 13.6. The number of anilines is 1. The molecule has 0 bridgehead atoms. The molecule has 1 aliphatic heterocycles. The smallest absolute Gasteiger partial charge is 0.411 e. The van der Waals surface area contributed by atoms with E-state index < -0.39 is 6.09 Å². The average molecular weight is 314 g/mol. The molecule has 1 saturated heterocycles. The standard InChI is InChI=1S/C18H19FN2O2/c19-15-6-7-17(16(10-15)14-4-2-1-3-5-14)21-18(22)23-12-13-8-9-20-11-13/h1-7,10,13,20H,8-9,11-12H2,(H,21,22)/t13-/m0/s1. The molecule has 0 aliphatic carbocycles. The number of nitrogens with one attached hydrogen (secondary N) is 2. The van der Waals surface area contributed by atoms with Crippen LogP contribution < -0.4 is 10.6 Å². The van der Waals surface area contributed by atoms with E-state index in [4.69, 9.17) is 4.74 Å². The molecule has 1 atom stereocenters. The van der Waals surface area contributed by atoms with Crippen molar-refractivity contribution in [2.75, 3.05) is 25.0 Å². The van der Waals surface area contributed by atoms with Crippen LogP contribution in [0.25, 0.3) is 11.1 Å². The Bertz CT molecular complexity index is 670. The quantitative estimate of drug-likeness (QED) is 0.905. The molecule has 5 heteroatoms. The Kier molecular flexibility index (Phi) is 4.88. The van der Waals surface area contributed by atoms with Gasteiger partial charge < -0.3 is 10.1 Å². The number of carbonyl (C=O) groups is 1.